The van der Waals surface area contributed by atoms with Crippen molar-refractivity contribution in [1.82, 2.24) is 0 Å². The van der Waals surface area contributed by atoms with Crippen LogP contribution in [0.1, 0.15) is 64.2 Å². The van der Waals surface area contributed by atoms with Crippen molar-refractivity contribution in [2.45, 2.75) is 70.0 Å². The SMILES string of the molecule is OBC1CCCCCCCCCC1. The van der Waals surface area contributed by atoms with Crippen LogP contribution in [-0.4, -0.2) is 12.5 Å². The van der Waals surface area contributed by atoms with Gasteiger partial charge >= 0.3 is 0 Å². The van der Waals surface area contributed by atoms with Gasteiger partial charge in [0.25, 0.3) is 7.48 Å². The summed E-state index contributed by atoms with van der Waals surface area (Å²) in [6.45, 7) is 0. The second-order valence-electron chi connectivity index (χ2n) is 4.45. The van der Waals surface area contributed by atoms with Gasteiger partial charge in [0.05, 0.1) is 0 Å². The van der Waals surface area contributed by atoms with E-state index in [2.05, 4.69) is 0 Å². The molecule has 0 spiro atoms. The summed E-state index contributed by atoms with van der Waals surface area (Å²) < 4.78 is 0. The molecule has 1 aliphatic carbocycles. The van der Waals surface area contributed by atoms with Crippen molar-refractivity contribution in [2.75, 3.05) is 0 Å². The molecule has 0 aromatic rings. The molecular formula is C11H23BO. The van der Waals surface area contributed by atoms with Crippen LogP contribution in [-0.2, 0) is 0 Å². The van der Waals surface area contributed by atoms with Crippen molar-refractivity contribution in [2.24, 2.45) is 0 Å². The fraction of sp³-hybridized carbons (Fsp3) is 1.00. The van der Waals surface area contributed by atoms with E-state index in [0.29, 0.717) is 13.3 Å². The molecule has 0 atom stereocenters. The highest BCUT2D eigenvalue weighted by atomic mass is 16.2. The van der Waals surface area contributed by atoms with Gasteiger partial charge in [-0.2, -0.15) is 0 Å². The molecule has 1 rings (SSSR count). The Morgan fingerprint density at radius 3 is 1.46 bits per heavy atom. The van der Waals surface area contributed by atoms with Crippen LogP contribution in [0.25, 0.3) is 0 Å². The first kappa shape index (κ1) is 11.1. The van der Waals surface area contributed by atoms with Crippen LogP contribution in [0.5, 0.6) is 0 Å². The van der Waals surface area contributed by atoms with E-state index in [0.717, 1.165) is 0 Å². The molecule has 0 aliphatic heterocycles. The van der Waals surface area contributed by atoms with Gasteiger partial charge in [0.2, 0.25) is 0 Å². The van der Waals surface area contributed by atoms with Gasteiger partial charge in [-0.15, -0.1) is 0 Å². The molecule has 1 nitrogen and oxygen atoms in total. The summed E-state index contributed by atoms with van der Waals surface area (Å²) >= 11 is 0. The van der Waals surface area contributed by atoms with E-state index >= 15 is 0 Å². The number of hydrogen-bond acceptors (Lipinski definition) is 1. The molecule has 1 N–H and O–H groups in total. The molecule has 0 amide bonds. The molecule has 0 aromatic heterocycles. The Morgan fingerprint density at radius 1 is 0.692 bits per heavy atom. The van der Waals surface area contributed by atoms with Crippen molar-refractivity contribution < 1.29 is 5.02 Å². The topological polar surface area (TPSA) is 20.2 Å². The van der Waals surface area contributed by atoms with Gasteiger partial charge in [-0.3, -0.25) is 0 Å². The lowest BCUT2D eigenvalue weighted by Crippen LogP contribution is -2.03. The maximum Gasteiger partial charge on any atom is 0.273 e. The zero-order valence-electron chi connectivity index (χ0n) is 8.80. The summed E-state index contributed by atoms with van der Waals surface area (Å²) in [5.41, 5.74) is 0. The quantitative estimate of drug-likeness (QED) is 0.618. The monoisotopic (exact) mass is 182 g/mol. The third kappa shape index (κ3) is 5.35. The summed E-state index contributed by atoms with van der Waals surface area (Å²) in [7, 11) is 0.417. The van der Waals surface area contributed by atoms with Crippen LogP contribution in [0.3, 0.4) is 0 Å². The predicted octanol–water partition coefficient (Wildman–Crippen LogP) is 3.03. The van der Waals surface area contributed by atoms with Gasteiger partial charge in [-0.25, -0.2) is 0 Å². The fourth-order valence-electron chi connectivity index (χ4n) is 2.25. The second kappa shape index (κ2) is 7.43. The Morgan fingerprint density at radius 2 is 1.08 bits per heavy atom. The molecular weight excluding hydrogens is 159 g/mol. The van der Waals surface area contributed by atoms with Gasteiger partial charge in [0.1, 0.15) is 0 Å². The van der Waals surface area contributed by atoms with Crippen molar-refractivity contribution >= 4 is 7.48 Å². The zero-order valence-corrected chi connectivity index (χ0v) is 8.80. The molecule has 1 aliphatic rings. The molecule has 2 heteroatoms. The summed E-state index contributed by atoms with van der Waals surface area (Å²) in [5, 5.41) is 9.14. The maximum atomic E-state index is 9.14. The molecule has 0 saturated heterocycles. The molecule has 1 saturated carbocycles. The van der Waals surface area contributed by atoms with Crippen LogP contribution in [0, 0.1) is 0 Å². The Bertz CT molecular complexity index is 105. The third-order valence-corrected chi connectivity index (χ3v) is 3.23. The molecule has 0 radical (unpaired) electrons. The van der Waals surface area contributed by atoms with Crippen LogP contribution in [0.4, 0.5) is 0 Å². The maximum absolute atomic E-state index is 9.14. The van der Waals surface area contributed by atoms with Crippen molar-refractivity contribution in [1.29, 1.82) is 0 Å². The average Bonchev–Trinajstić information content (AvgIpc) is 2.22. The highest BCUT2D eigenvalue weighted by Crippen LogP contribution is 2.23. The Balaban J connectivity index is 2.18. The lowest BCUT2D eigenvalue weighted by atomic mass is 9.74. The molecule has 0 aromatic carbocycles. The zero-order chi connectivity index (χ0) is 9.36. The lowest BCUT2D eigenvalue weighted by molar-refractivity contribution is 0.517. The summed E-state index contributed by atoms with van der Waals surface area (Å²) in [4.78, 5) is 0. The van der Waals surface area contributed by atoms with E-state index < -0.39 is 0 Å². The highest BCUT2D eigenvalue weighted by Gasteiger charge is 2.09. The first-order valence-electron chi connectivity index (χ1n) is 6.04. The Kier molecular flexibility index (Phi) is 6.35. The fourth-order valence-corrected chi connectivity index (χ4v) is 2.25. The number of hydrogen-bond donors (Lipinski definition) is 1. The van der Waals surface area contributed by atoms with Crippen molar-refractivity contribution in [3.63, 3.8) is 0 Å². The Hall–Kier alpha value is 0.0249. The smallest absolute Gasteiger partial charge is 0.273 e. The van der Waals surface area contributed by atoms with Gasteiger partial charge in [-0.1, -0.05) is 64.2 Å². The molecule has 1 fully saturated rings. The van der Waals surface area contributed by atoms with E-state index in [1.165, 1.54) is 64.2 Å². The van der Waals surface area contributed by atoms with E-state index in [-0.39, 0.29) is 0 Å². The van der Waals surface area contributed by atoms with E-state index in [9.17, 15) is 0 Å². The largest absolute Gasteiger partial charge is 0.454 e. The molecule has 13 heavy (non-hydrogen) atoms. The number of rotatable bonds is 1. The van der Waals surface area contributed by atoms with Crippen molar-refractivity contribution in [3.05, 3.63) is 0 Å². The third-order valence-electron chi connectivity index (χ3n) is 3.23. The molecule has 0 unspecified atom stereocenters. The van der Waals surface area contributed by atoms with Gasteiger partial charge in [0, 0.05) is 0 Å². The summed E-state index contributed by atoms with van der Waals surface area (Å²) in [6, 6.07) is 0. The van der Waals surface area contributed by atoms with Crippen LogP contribution < -0.4 is 0 Å². The standard InChI is InChI=1S/C11H23BO/c13-12-11-9-7-5-3-1-2-4-6-8-10-11/h11-13H,1-10H2. The lowest BCUT2D eigenvalue weighted by Gasteiger charge is -2.11. The minimum atomic E-state index is 0.417. The molecule has 0 bridgehead atoms. The van der Waals surface area contributed by atoms with Gasteiger partial charge < -0.3 is 5.02 Å². The van der Waals surface area contributed by atoms with Gasteiger partial charge in [-0.05, 0) is 5.82 Å². The van der Waals surface area contributed by atoms with Crippen LogP contribution in [0.2, 0.25) is 5.82 Å². The first-order valence-corrected chi connectivity index (χ1v) is 6.04. The Labute approximate surface area is 83.2 Å². The first-order chi connectivity index (χ1) is 6.43. The van der Waals surface area contributed by atoms with E-state index in [1.807, 2.05) is 0 Å². The minimum absolute atomic E-state index is 0.417. The van der Waals surface area contributed by atoms with Crippen LogP contribution >= 0.6 is 0 Å². The normalized spacial score (nSPS) is 23.5. The highest BCUT2D eigenvalue weighted by molar-refractivity contribution is 6.27. The average molecular weight is 182 g/mol. The summed E-state index contributed by atoms with van der Waals surface area (Å²) in [5.74, 6) is 0.609. The van der Waals surface area contributed by atoms with Crippen LogP contribution in [0.15, 0.2) is 0 Å². The van der Waals surface area contributed by atoms with E-state index in [4.69, 9.17) is 5.02 Å². The predicted molar refractivity (Wildman–Crippen MR) is 59.3 cm³/mol. The van der Waals surface area contributed by atoms with Crippen molar-refractivity contribution in [3.8, 4) is 0 Å². The molecule has 76 valence electrons. The van der Waals surface area contributed by atoms with Gasteiger partial charge in [0.15, 0.2) is 0 Å². The molecule has 0 heterocycles. The second-order valence-corrected chi connectivity index (χ2v) is 4.45. The van der Waals surface area contributed by atoms with E-state index in [1.54, 1.807) is 0 Å². The minimum Gasteiger partial charge on any atom is -0.454 e. The summed E-state index contributed by atoms with van der Waals surface area (Å²) in [6.07, 6.45) is 13.7.